The molecule has 0 saturated carbocycles. The van der Waals surface area contributed by atoms with E-state index in [1.165, 1.54) is 16.2 Å². The van der Waals surface area contributed by atoms with Crippen molar-refractivity contribution in [3.05, 3.63) is 64.0 Å². The maximum atomic E-state index is 12.7. The van der Waals surface area contributed by atoms with E-state index in [-0.39, 0.29) is 12.3 Å². The van der Waals surface area contributed by atoms with Crippen molar-refractivity contribution in [2.75, 3.05) is 5.32 Å². The maximum absolute atomic E-state index is 12.7. The molecule has 0 aliphatic heterocycles. The molecule has 1 heterocycles. The quantitative estimate of drug-likeness (QED) is 0.733. The summed E-state index contributed by atoms with van der Waals surface area (Å²) in [6.45, 7) is 0. The van der Waals surface area contributed by atoms with Gasteiger partial charge in [-0.3, -0.25) is 9.59 Å². The lowest BCUT2D eigenvalue weighted by Gasteiger charge is -2.11. The Morgan fingerprint density at radius 3 is 2.65 bits per heavy atom. The summed E-state index contributed by atoms with van der Waals surface area (Å²) in [5.74, 6) is -0.577. The van der Waals surface area contributed by atoms with Crippen LogP contribution < -0.4 is 11.1 Å². The van der Waals surface area contributed by atoms with Crippen LogP contribution in [0.1, 0.15) is 39.2 Å². The van der Waals surface area contributed by atoms with Crippen molar-refractivity contribution < 1.29 is 9.59 Å². The molecule has 26 heavy (non-hydrogen) atoms. The average molecular weight is 364 g/mol. The Hall–Kier alpha value is -2.66. The molecule has 5 heteroatoms. The summed E-state index contributed by atoms with van der Waals surface area (Å²) in [7, 11) is 0. The van der Waals surface area contributed by atoms with Crippen molar-refractivity contribution in [2.45, 2.75) is 32.1 Å². The first-order valence-corrected chi connectivity index (χ1v) is 9.66. The van der Waals surface area contributed by atoms with Crippen molar-refractivity contribution in [1.82, 2.24) is 0 Å². The standard InChI is InChI=1S/C21H20N2O2S/c22-20(25)19-16-10-3-4-11-17(16)26-21(19)23-18(24)12-14-8-5-7-13-6-1-2-9-15(13)14/h1-2,5-9H,3-4,10-12H2,(H2,22,25)(H,23,24). The van der Waals surface area contributed by atoms with E-state index in [9.17, 15) is 9.59 Å². The summed E-state index contributed by atoms with van der Waals surface area (Å²) in [6.07, 6.45) is 4.27. The van der Waals surface area contributed by atoms with Gasteiger partial charge in [0.15, 0.2) is 0 Å². The largest absolute Gasteiger partial charge is 0.365 e. The Balaban J connectivity index is 1.61. The number of fused-ring (bicyclic) bond motifs is 2. The lowest BCUT2D eigenvalue weighted by atomic mass is 9.95. The van der Waals surface area contributed by atoms with E-state index in [0.29, 0.717) is 10.6 Å². The number of hydrogen-bond acceptors (Lipinski definition) is 3. The van der Waals surface area contributed by atoms with Crippen molar-refractivity contribution in [3.63, 3.8) is 0 Å². The van der Waals surface area contributed by atoms with Gasteiger partial charge in [-0.2, -0.15) is 0 Å². The third-order valence-corrected chi connectivity index (χ3v) is 6.11. The first kappa shape index (κ1) is 16.8. The molecule has 2 amide bonds. The topological polar surface area (TPSA) is 72.2 Å². The van der Waals surface area contributed by atoms with Gasteiger partial charge in [-0.15, -0.1) is 11.3 Å². The van der Waals surface area contributed by atoms with Gasteiger partial charge in [0, 0.05) is 4.88 Å². The van der Waals surface area contributed by atoms with Crippen LogP contribution in [0.15, 0.2) is 42.5 Å². The van der Waals surface area contributed by atoms with Crippen LogP contribution in [-0.2, 0) is 24.1 Å². The van der Waals surface area contributed by atoms with E-state index in [0.717, 1.165) is 47.6 Å². The Labute approximate surface area is 156 Å². The number of nitrogens with two attached hydrogens (primary N) is 1. The molecule has 4 rings (SSSR count). The molecule has 0 spiro atoms. The number of hydrogen-bond donors (Lipinski definition) is 2. The number of primary amides is 1. The second kappa shape index (κ2) is 6.92. The first-order valence-electron chi connectivity index (χ1n) is 8.84. The Morgan fingerprint density at radius 2 is 1.81 bits per heavy atom. The molecule has 0 saturated heterocycles. The van der Waals surface area contributed by atoms with Crippen LogP contribution in [0.2, 0.25) is 0 Å². The first-order chi connectivity index (χ1) is 12.6. The van der Waals surface area contributed by atoms with Crippen molar-refractivity contribution in [2.24, 2.45) is 5.73 Å². The van der Waals surface area contributed by atoms with Crippen LogP contribution in [-0.4, -0.2) is 11.8 Å². The number of carbonyl (C=O) groups excluding carboxylic acids is 2. The van der Waals surface area contributed by atoms with Crippen LogP contribution in [0.4, 0.5) is 5.00 Å². The predicted octanol–water partition coefficient (Wildman–Crippen LogP) is 4.06. The summed E-state index contributed by atoms with van der Waals surface area (Å²) < 4.78 is 0. The fourth-order valence-corrected chi connectivity index (χ4v) is 5.02. The molecular formula is C21H20N2O2S. The summed E-state index contributed by atoms with van der Waals surface area (Å²) in [5, 5.41) is 5.74. The number of aryl methyl sites for hydroxylation is 1. The number of nitrogens with one attached hydrogen (secondary N) is 1. The fraction of sp³-hybridized carbons (Fsp3) is 0.238. The molecule has 0 unspecified atom stereocenters. The zero-order valence-electron chi connectivity index (χ0n) is 14.4. The van der Waals surface area contributed by atoms with Crippen LogP contribution in [0.3, 0.4) is 0 Å². The minimum Gasteiger partial charge on any atom is -0.365 e. The average Bonchev–Trinajstić information content (AvgIpc) is 2.99. The summed E-state index contributed by atoms with van der Waals surface area (Å²) in [5.41, 5.74) is 8.12. The summed E-state index contributed by atoms with van der Waals surface area (Å²) >= 11 is 1.50. The molecule has 132 valence electrons. The van der Waals surface area contributed by atoms with Crippen LogP contribution in [0, 0.1) is 0 Å². The number of carbonyl (C=O) groups is 2. The monoisotopic (exact) mass is 364 g/mol. The number of rotatable bonds is 4. The normalized spacial score (nSPS) is 13.4. The molecule has 0 bridgehead atoms. The third kappa shape index (κ3) is 3.10. The smallest absolute Gasteiger partial charge is 0.251 e. The molecule has 3 N–H and O–H groups in total. The number of thiophene rings is 1. The number of anilines is 1. The fourth-order valence-electron chi connectivity index (χ4n) is 3.71. The molecule has 2 aromatic carbocycles. The second-order valence-corrected chi connectivity index (χ2v) is 7.75. The van der Waals surface area contributed by atoms with E-state index in [2.05, 4.69) is 5.32 Å². The van der Waals surface area contributed by atoms with Gasteiger partial charge in [0.2, 0.25) is 5.91 Å². The van der Waals surface area contributed by atoms with E-state index in [1.807, 2.05) is 42.5 Å². The van der Waals surface area contributed by atoms with E-state index in [4.69, 9.17) is 5.73 Å². The van der Waals surface area contributed by atoms with Gasteiger partial charge in [0.25, 0.3) is 5.91 Å². The zero-order valence-corrected chi connectivity index (χ0v) is 15.2. The highest BCUT2D eigenvalue weighted by molar-refractivity contribution is 7.17. The van der Waals surface area contributed by atoms with Crippen molar-refractivity contribution >= 4 is 38.9 Å². The molecule has 0 fully saturated rings. The van der Waals surface area contributed by atoms with Crippen LogP contribution in [0.5, 0.6) is 0 Å². The van der Waals surface area contributed by atoms with Crippen LogP contribution >= 0.6 is 11.3 Å². The van der Waals surface area contributed by atoms with Gasteiger partial charge in [0.1, 0.15) is 5.00 Å². The van der Waals surface area contributed by atoms with Crippen molar-refractivity contribution in [3.8, 4) is 0 Å². The van der Waals surface area contributed by atoms with Crippen molar-refractivity contribution in [1.29, 1.82) is 0 Å². The zero-order chi connectivity index (χ0) is 18.1. The number of benzene rings is 2. The highest BCUT2D eigenvalue weighted by atomic mass is 32.1. The van der Waals surface area contributed by atoms with E-state index < -0.39 is 5.91 Å². The van der Waals surface area contributed by atoms with Gasteiger partial charge >= 0.3 is 0 Å². The van der Waals surface area contributed by atoms with Gasteiger partial charge in [-0.1, -0.05) is 42.5 Å². The Kier molecular flexibility index (Phi) is 4.47. The lowest BCUT2D eigenvalue weighted by Crippen LogP contribution is -2.19. The summed E-state index contributed by atoms with van der Waals surface area (Å²) in [4.78, 5) is 25.8. The molecule has 3 aromatic rings. The molecule has 4 nitrogen and oxygen atoms in total. The van der Waals surface area contributed by atoms with Gasteiger partial charge in [-0.25, -0.2) is 0 Å². The van der Waals surface area contributed by atoms with Gasteiger partial charge < -0.3 is 11.1 Å². The minimum atomic E-state index is -0.454. The predicted molar refractivity (Wildman–Crippen MR) is 106 cm³/mol. The van der Waals surface area contributed by atoms with E-state index >= 15 is 0 Å². The molecule has 1 aromatic heterocycles. The lowest BCUT2D eigenvalue weighted by molar-refractivity contribution is -0.115. The van der Waals surface area contributed by atoms with Crippen LogP contribution in [0.25, 0.3) is 10.8 Å². The van der Waals surface area contributed by atoms with E-state index in [1.54, 1.807) is 0 Å². The van der Waals surface area contributed by atoms with Gasteiger partial charge in [-0.05, 0) is 47.6 Å². The minimum absolute atomic E-state index is 0.123. The van der Waals surface area contributed by atoms with Gasteiger partial charge in [0.05, 0.1) is 12.0 Å². The summed E-state index contributed by atoms with van der Waals surface area (Å²) in [6, 6.07) is 14.0. The molecule has 0 atom stereocenters. The maximum Gasteiger partial charge on any atom is 0.251 e. The number of amides is 2. The molecule has 1 aliphatic carbocycles. The Morgan fingerprint density at radius 1 is 1.04 bits per heavy atom. The Bertz CT molecular complexity index is 1000. The molecule has 1 aliphatic rings. The highest BCUT2D eigenvalue weighted by Gasteiger charge is 2.25. The molecular weight excluding hydrogens is 344 g/mol. The molecule has 0 radical (unpaired) electrons. The SMILES string of the molecule is NC(=O)c1c(NC(=O)Cc2cccc3ccccc23)sc2c1CCCC2. The second-order valence-electron chi connectivity index (χ2n) is 6.64. The third-order valence-electron chi connectivity index (χ3n) is 4.90. The highest BCUT2D eigenvalue weighted by Crippen LogP contribution is 2.38.